The molecular weight excluding hydrogens is 202 g/mol. The van der Waals surface area contributed by atoms with Gasteiger partial charge in [0, 0.05) is 0 Å². The Balaban J connectivity index is -0.0000000522. The van der Waals surface area contributed by atoms with Gasteiger partial charge in [0.25, 0.3) is 0 Å². The van der Waals surface area contributed by atoms with Gasteiger partial charge in [0.2, 0.25) is 0 Å². The van der Waals surface area contributed by atoms with Crippen LogP contribution < -0.4 is 5.32 Å². The van der Waals surface area contributed by atoms with Gasteiger partial charge >= 0.3 is 37.7 Å². The maximum atomic E-state index is 9.13. The van der Waals surface area contributed by atoms with E-state index in [4.69, 9.17) is 4.79 Å². The molecule has 2 nitrogen and oxygen atoms in total. The zero-order valence-electron chi connectivity index (χ0n) is 10.5. The second kappa shape index (κ2) is 23.5. The van der Waals surface area contributed by atoms with Gasteiger partial charge < -0.3 is 28.9 Å². The van der Waals surface area contributed by atoms with Crippen LogP contribution in [0.5, 0.6) is 0 Å². The summed E-state index contributed by atoms with van der Waals surface area (Å²) in [7, 11) is 0. The Labute approximate surface area is 120 Å². The number of rotatable bonds is 2. The van der Waals surface area contributed by atoms with Crippen molar-refractivity contribution in [2.45, 2.75) is 41.5 Å². The molecule has 0 fully saturated rings. The largest absolute Gasteiger partial charge is 2.00 e. The van der Waals surface area contributed by atoms with Crippen LogP contribution in [0.25, 0.3) is 0 Å². The molecule has 0 unspecified atom stereocenters. The molecule has 0 heterocycles. The minimum absolute atomic E-state index is 0. The third kappa shape index (κ3) is 235. The molecule has 0 aromatic carbocycles. The van der Waals surface area contributed by atoms with E-state index in [-0.39, 0.29) is 37.7 Å². The molecule has 0 atom stereocenters. The Bertz CT molecular complexity index is 73.8. The number of carbonyl (C=O) groups excluding carboxylic acids is 1. The Morgan fingerprint density at radius 3 is 1.29 bits per heavy atom. The molecule has 1 amide bonds. The van der Waals surface area contributed by atoms with Gasteiger partial charge in [-0.1, -0.05) is 0 Å². The molecule has 0 rings (SSSR count). The standard InChI is InChI=1S/2C4H9.C3H5NO.Ca/c2*1-4(2)3;1-2-4-3-5;/h2*1-3H3;1-2H2,(H,4,5);/q2*-1;-2;+2. The van der Waals surface area contributed by atoms with E-state index in [1.165, 1.54) is 18.2 Å². The maximum absolute atomic E-state index is 9.13. The Morgan fingerprint density at radius 2 is 1.29 bits per heavy atom. The summed E-state index contributed by atoms with van der Waals surface area (Å²) in [6, 6.07) is 0. The van der Waals surface area contributed by atoms with Crippen molar-refractivity contribution in [1.82, 2.24) is 5.32 Å². The minimum Gasteiger partial charge on any atom is -0.555 e. The fourth-order valence-corrected chi connectivity index (χ4v) is 0.0510. The SMILES string of the molecule is C[C-](C)C.C[C-](C)C.[CH2-]CN[C-]=O.[Ca+2]. The summed E-state index contributed by atoms with van der Waals surface area (Å²) < 4.78 is 0. The van der Waals surface area contributed by atoms with Crippen molar-refractivity contribution < 1.29 is 4.79 Å². The van der Waals surface area contributed by atoms with Gasteiger partial charge in [0.1, 0.15) is 0 Å². The van der Waals surface area contributed by atoms with E-state index < -0.39 is 0 Å². The summed E-state index contributed by atoms with van der Waals surface area (Å²) >= 11 is 0. The van der Waals surface area contributed by atoms with Crippen LogP contribution in [0.3, 0.4) is 0 Å². The molecule has 0 spiro atoms. The van der Waals surface area contributed by atoms with Crippen molar-refractivity contribution in [1.29, 1.82) is 0 Å². The van der Waals surface area contributed by atoms with Crippen molar-refractivity contribution in [3.8, 4) is 0 Å². The van der Waals surface area contributed by atoms with Gasteiger partial charge in [-0.05, 0) is 0 Å². The zero-order valence-corrected chi connectivity index (χ0v) is 12.7. The average molecular weight is 225 g/mol. The van der Waals surface area contributed by atoms with Crippen LogP contribution in [0.2, 0.25) is 0 Å². The minimum atomic E-state index is 0. The Kier molecular flexibility index (Phi) is 40.5. The van der Waals surface area contributed by atoms with E-state index in [2.05, 4.69) is 53.8 Å². The fraction of sp³-hybridized carbons (Fsp3) is 0.636. The van der Waals surface area contributed by atoms with Gasteiger partial charge in [-0.2, -0.15) is 48.0 Å². The quantitative estimate of drug-likeness (QED) is 0.436. The van der Waals surface area contributed by atoms with Crippen molar-refractivity contribution in [3.05, 3.63) is 18.8 Å². The summed E-state index contributed by atoms with van der Waals surface area (Å²) in [5.41, 5.74) is 0. The first-order chi connectivity index (χ1) is 5.88. The van der Waals surface area contributed by atoms with Crippen LogP contribution in [0.15, 0.2) is 0 Å². The average Bonchev–Trinajstić information content (AvgIpc) is 1.86. The number of hydrogen-bond donors (Lipinski definition) is 1. The van der Waals surface area contributed by atoms with Gasteiger partial charge in [0.05, 0.1) is 0 Å². The van der Waals surface area contributed by atoms with Crippen LogP contribution in [-0.2, 0) is 4.79 Å². The zero-order chi connectivity index (χ0) is 11.3. The van der Waals surface area contributed by atoms with Gasteiger partial charge in [-0.15, -0.1) is 6.54 Å². The van der Waals surface area contributed by atoms with Crippen molar-refractivity contribution in [3.63, 3.8) is 0 Å². The van der Waals surface area contributed by atoms with Gasteiger partial charge in [0.15, 0.2) is 0 Å². The molecule has 1 N–H and O–H groups in total. The van der Waals surface area contributed by atoms with Crippen LogP contribution in [0, 0.1) is 18.8 Å². The number of amides is 1. The third-order valence-electron chi connectivity index (χ3n) is 0.197. The number of hydrogen-bond acceptors (Lipinski definition) is 1. The van der Waals surface area contributed by atoms with Crippen molar-refractivity contribution in [2.24, 2.45) is 0 Å². The fourth-order valence-electron chi connectivity index (χ4n) is 0.0510. The van der Waals surface area contributed by atoms with Crippen molar-refractivity contribution in [2.75, 3.05) is 6.54 Å². The first kappa shape index (κ1) is 24.1. The summed E-state index contributed by atoms with van der Waals surface area (Å²) in [4.78, 5) is 9.13. The van der Waals surface area contributed by atoms with Crippen molar-refractivity contribution >= 4 is 44.1 Å². The van der Waals surface area contributed by atoms with E-state index in [0.29, 0.717) is 6.54 Å². The maximum Gasteiger partial charge on any atom is 2.00 e. The molecule has 0 aliphatic heterocycles. The van der Waals surface area contributed by atoms with E-state index >= 15 is 0 Å². The molecule has 0 saturated carbocycles. The summed E-state index contributed by atoms with van der Waals surface area (Å²) in [5.74, 6) is 2.83. The van der Waals surface area contributed by atoms with Crippen LogP contribution in [-0.4, -0.2) is 50.7 Å². The first-order valence-electron chi connectivity index (χ1n) is 4.31. The van der Waals surface area contributed by atoms with E-state index in [9.17, 15) is 0 Å². The topological polar surface area (TPSA) is 29.1 Å². The predicted octanol–water partition coefficient (Wildman–Crippen LogP) is 2.34. The monoisotopic (exact) mass is 225 g/mol. The molecule has 82 valence electrons. The molecule has 0 aliphatic rings. The van der Waals surface area contributed by atoms with Crippen LogP contribution in [0.1, 0.15) is 41.5 Å². The van der Waals surface area contributed by atoms with Crippen LogP contribution >= 0.6 is 0 Å². The summed E-state index contributed by atoms with van der Waals surface area (Å²) in [5, 5.41) is 2.19. The first-order valence-corrected chi connectivity index (χ1v) is 4.31. The second-order valence-electron chi connectivity index (χ2n) is 3.53. The molecule has 0 saturated heterocycles. The second-order valence-corrected chi connectivity index (χ2v) is 3.53. The normalized spacial score (nSPS) is 7.50. The predicted molar refractivity (Wildman–Crippen MR) is 65.3 cm³/mol. The Hall–Kier alpha value is 0.730. The molecule has 0 aliphatic carbocycles. The molecular formula is C11H23CaNO-2. The van der Waals surface area contributed by atoms with E-state index in [1.807, 2.05) is 0 Å². The molecule has 0 aromatic rings. The number of nitrogens with one attached hydrogen (secondary N) is 1. The summed E-state index contributed by atoms with van der Waals surface area (Å²) in [6.07, 6.45) is 1.45. The molecule has 3 heteroatoms. The third-order valence-corrected chi connectivity index (χ3v) is 0.197. The Morgan fingerprint density at radius 1 is 1.07 bits per heavy atom. The van der Waals surface area contributed by atoms with E-state index in [0.717, 1.165) is 0 Å². The molecule has 0 bridgehead atoms. The molecule has 0 aromatic heterocycles. The van der Waals surface area contributed by atoms with E-state index in [1.54, 1.807) is 0 Å². The smallest absolute Gasteiger partial charge is 0.555 e. The molecule has 14 heavy (non-hydrogen) atoms. The van der Waals surface area contributed by atoms with Crippen LogP contribution in [0.4, 0.5) is 0 Å². The van der Waals surface area contributed by atoms with Gasteiger partial charge in [-0.3, -0.25) is 0 Å². The summed E-state index contributed by atoms with van der Waals surface area (Å²) in [6.45, 7) is 16.2. The molecule has 0 radical (unpaired) electrons. The van der Waals surface area contributed by atoms with Gasteiger partial charge in [-0.25, -0.2) is 0 Å².